The van der Waals surface area contributed by atoms with Crippen molar-refractivity contribution >= 4 is 65.4 Å². The SMILES string of the molecule is c1ccc(-c2ccc3c(c2)oc2cc(-c4ccccc4)c(-c4c5ccccc5c(-c5c(-c6ccccc6)cc6oc7ccccc7c6c5-c5ccccc5)c5ccccc45)cc23)cc1. The smallest absolute Gasteiger partial charge is 0.136 e. The van der Waals surface area contributed by atoms with Crippen molar-refractivity contribution in [1.29, 1.82) is 0 Å². The van der Waals surface area contributed by atoms with Gasteiger partial charge < -0.3 is 8.83 Å². The van der Waals surface area contributed by atoms with Gasteiger partial charge in [0.25, 0.3) is 0 Å². The minimum absolute atomic E-state index is 0.869. The Morgan fingerprint density at radius 1 is 0.203 bits per heavy atom. The highest BCUT2D eigenvalue weighted by molar-refractivity contribution is 6.28. The number of fused-ring (bicyclic) bond motifs is 8. The Kier molecular flexibility index (Phi) is 8.25. The third-order valence-corrected chi connectivity index (χ3v) is 13.1. The molecule has 2 nitrogen and oxygen atoms in total. The molecule has 2 heteroatoms. The molecule has 0 spiro atoms. The summed E-state index contributed by atoms with van der Waals surface area (Å²) < 4.78 is 13.5. The van der Waals surface area contributed by atoms with Gasteiger partial charge in [0, 0.05) is 27.1 Å². The third kappa shape index (κ3) is 5.66. The van der Waals surface area contributed by atoms with E-state index in [4.69, 9.17) is 8.83 Å². The summed E-state index contributed by atoms with van der Waals surface area (Å²) in [6.07, 6.45) is 0. The molecule has 0 N–H and O–H groups in total. The molecular weight excluding hydrogens is 777 g/mol. The van der Waals surface area contributed by atoms with Crippen molar-refractivity contribution in [3.63, 3.8) is 0 Å². The van der Waals surface area contributed by atoms with Crippen molar-refractivity contribution < 1.29 is 8.83 Å². The lowest BCUT2D eigenvalue weighted by molar-refractivity contribution is 0.669. The van der Waals surface area contributed by atoms with E-state index in [0.717, 1.165) is 88.4 Å². The normalized spacial score (nSPS) is 11.8. The van der Waals surface area contributed by atoms with Gasteiger partial charge in [0.2, 0.25) is 0 Å². The van der Waals surface area contributed by atoms with E-state index in [1.165, 1.54) is 43.8 Å². The summed E-state index contributed by atoms with van der Waals surface area (Å²) in [5.74, 6) is 0. The molecule has 64 heavy (non-hydrogen) atoms. The van der Waals surface area contributed by atoms with Gasteiger partial charge in [-0.1, -0.05) is 194 Å². The van der Waals surface area contributed by atoms with Crippen molar-refractivity contribution in [3.8, 4) is 66.8 Å². The molecule has 0 aliphatic carbocycles. The van der Waals surface area contributed by atoms with Gasteiger partial charge in [0.1, 0.15) is 22.3 Å². The lowest BCUT2D eigenvalue weighted by atomic mass is 9.79. The van der Waals surface area contributed by atoms with Gasteiger partial charge in [-0.15, -0.1) is 0 Å². The molecule has 13 rings (SSSR count). The van der Waals surface area contributed by atoms with Gasteiger partial charge in [0.05, 0.1) is 0 Å². The van der Waals surface area contributed by atoms with Gasteiger partial charge in [-0.2, -0.15) is 0 Å². The van der Waals surface area contributed by atoms with Crippen LogP contribution in [0.25, 0.3) is 132 Å². The third-order valence-electron chi connectivity index (χ3n) is 13.1. The van der Waals surface area contributed by atoms with Crippen LogP contribution in [0.15, 0.2) is 239 Å². The zero-order valence-corrected chi connectivity index (χ0v) is 34.8. The first-order valence-electron chi connectivity index (χ1n) is 21.9. The van der Waals surface area contributed by atoms with Crippen molar-refractivity contribution in [2.75, 3.05) is 0 Å². The summed E-state index contributed by atoms with van der Waals surface area (Å²) in [7, 11) is 0. The Bertz CT molecular complexity index is 3860. The first-order valence-corrected chi connectivity index (χ1v) is 21.9. The molecule has 0 saturated heterocycles. The molecule has 0 radical (unpaired) electrons. The Morgan fingerprint density at radius 2 is 0.672 bits per heavy atom. The molecular formula is C62H38O2. The minimum Gasteiger partial charge on any atom is -0.456 e. The molecule has 0 bridgehead atoms. The highest BCUT2D eigenvalue weighted by Crippen LogP contribution is 2.54. The van der Waals surface area contributed by atoms with Gasteiger partial charge in [-0.25, -0.2) is 0 Å². The average molecular weight is 815 g/mol. The molecule has 2 heterocycles. The number of rotatable bonds is 6. The van der Waals surface area contributed by atoms with E-state index in [-0.39, 0.29) is 0 Å². The van der Waals surface area contributed by atoms with Crippen LogP contribution in [0.1, 0.15) is 0 Å². The molecule has 0 unspecified atom stereocenters. The van der Waals surface area contributed by atoms with Crippen LogP contribution >= 0.6 is 0 Å². The number of hydrogen-bond acceptors (Lipinski definition) is 2. The second-order valence-electron chi connectivity index (χ2n) is 16.7. The maximum absolute atomic E-state index is 6.78. The van der Waals surface area contributed by atoms with Crippen LogP contribution in [-0.2, 0) is 0 Å². The van der Waals surface area contributed by atoms with Gasteiger partial charge >= 0.3 is 0 Å². The summed E-state index contributed by atoms with van der Waals surface area (Å²) in [6.45, 7) is 0. The fourth-order valence-corrected chi connectivity index (χ4v) is 10.3. The standard InChI is InChI=1S/C62H38O2/c1-5-19-39(20-6-1)43-33-34-44-52-36-53(50(40-21-7-2-8-22-40)37-56(52)64-55(44)35-43)59-45-27-13-15-29-47(45)60(48-30-16-14-28-46(48)59)62-51(41-23-9-3-10-24-41)38-57-61(49-31-17-18-32-54(49)63-57)58(62)42-25-11-4-12-26-42/h1-38H. The summed E-state index contributed by atoms with van der Waals surface area (Å²) in [6, 6.07) is 83.0. The second kappa shape index (κ2) is 14.6. The molecule has 298 valence electrons. The van der Waals surface area contributed by atoms with E-state index in [1.54, 1.807) is 0 Å². The summed E-state index contributed by atoms with van der Waals surface area (Å²) in [4.78, 5) is 0. The molecule has 0 aliphatic rings. The number of hydrogen-bond donors (Lipinski definition) is 0. The van der Waals surface area contributed by atoms with Crippen LogP contribution in [0.3, 0.4) is 0 Å². The van der Waals surface area contributed by atoms with Gasteiger partial charge in [0.15, 0.2) is 0 Å². The van der Waals surface area contributed by atoms with E-state index in [0.29, 0.717) is 0 Å². The Labute approximate surface area is 369 Å². The Balaban J connectivity index is 1.18. The van der Waals surface area contributed by atoms with Gasteiger partial charge in [-0.3, -0.25) is 0 Å². The molecule has 13 aromatic rings. The van der Waals surface area contributed by atoms with E-state index in [2.05, 4.69) is 231 Å². The van der Waals surface area contributed by atoms with Crippen LogP contribution in [0.2, 0.25) is 0 Å². The van der Waals surface area contributed by atoms with E-state index in [1.807, 2.05) is 0 Å². The second-order valence-corrected chi connectivity index (χ2v) is 16.7. The molecule has 2 aromatic heterocycles. The largest absolute Gasteiger partial charge is 0.456 e. The van der Waals surface area contributed by atoms with Crippen LogP contribution in [-0.4, -0.2) is 0 Å². The van der Waals surface area contributed by atoms with Crippen LogP contribution in [0.5, 0.6) is 0 Å². The van der Waals surface area contributed by atoms with Crippen molar-refractivity contribution in [1.82, 2.24) is 0 Å². The summed E-state index contributed by atoms with van der Waals surface area (Å²) >= 11 is 0. The van der Waals surface area contributed by atoms with Crippen LogP contribution in [0.4, 0.5) is 0 Å². The topological polar surface area (TPSA) is 26.3 Å². The van der Waals surface area contributed by atoms with E-state index < -0.39 is 0 Å². The molecule has 0 atom stereocenters. The lowest BCUT2D eigenvalue weighted by Crippen LogP contribution is -1.97. The number of benzene rings is 11. The molecule has 11 aromatic carbocycles. The highest BCUT2D eigenvalue weighted by Gasteiger charge is 2.27. The molecule has 0 fully saturated rings. The van der Waals surface area contributed by atoms with Crippen LogP contribution in [0, 0.1) is 0 Å². The maximum atomic E-state index is 6.78. The fraction of sp³-hybridized carbons (Fsp3) is 0. The number of furan rings is 2. The molecule has 0 amide bonds. The zero-order chi connectivity index (χ0) is 42.1. The van der Waals surface area contributed by atoms with Crippen molar-refractivity contribution in [3.05, 3.63) is 231 Å². The lowest BCUT2D eigenvalue weighted by Gasteiger charge is -2.23. The monoisotopic (exact) mass is 814 g/mol. The van der Waals surface area contributed by atoms with Crippen LogP contribution < -0.4 is 0 Å². The minimum atomic E-state index is 0.869. The average Bonchev–Trinajstić information content (AvgIpc) is 3.93. The first kappa shape index (κ1) is 36.2. The number of para-hydroxylation sites is 1. The van der Waals surface area contributed by atoms with E-state index >= 15 is 0 Å². The Hall–Kier alpha value is -8.46. The fourth-order valence-electron chi connectivity index (χ4n) is 10.3. The maximum Gasteiger partial charge on any atom is 0.136 e. The molecule has 0 aliphatic heterocycles. The predicted molar refractivity (Wildman–Crippen MR) is 269 cm³/mol. The first-order chi connectivity index (χ1) is 31.8. The van der Waals surface area contributed by atoms with Crippen molar-refractivity contribution in [2.45, 2.75) is 0 Å². The zero-order valence-electron chi connectivity index (χ0n) is 34.8. The van der Waals surface area contributed by atoms with E-state index in [9.17, 15) is 0 Å². The quantitative estimate of drug-likeness (QED) is 0.156. The summed E-state index contributed by atoms with van der Waals surface area (Å²) in [5.41, 5.74) is 17.4. The van der Waals surface area contributed by atoms with Gasteiger partial charge in [-0.05, 0) is 119 Å². The highest BCUT2D eigenvalue weighted by atomic mass is 16.3. The molecule has 0 saturated carbocycles. The predicted octanol–water partition coefficient (Wildman–Crippen LogP) is 17.8. The Morgan fingerprint density at radius 3 is 1.30 bits per heavy atom. The van der Waals surface area contributed by atoms with Crippen molar-refractivity contribution in [2.24, 2.45) is 0 Å². The summed E-state index contributed by atoms with van der Waals surface area (Å²) in [5, 5.41) is 9.14.